The van der Waals surface area contributed by atoms with Crippen LogP contribution in [-0.4, -0.2) is 11.7 Å². The van der Waals surface area contributed by atoms with Crippen LogP contribution in [-0.2, 0) is 0 Å². The first-order valence-electron chi connectivity index (χ1n) is 9.42. The molecule has 0 saturated carbocycles. The predicted molar refractivity (Wildman–Crippen MR) is 123 cm³/mol. The van der Waals surface area contributed by atoms with Crippen LogP contribution in [0.5, 0.6) is 0 Å². The lowest BCUT2D eigenvalue weighted by atomic mass is 10.0. The van der Waals surface area contributed by atoms with Crippen LogP contribution in [0, 0.1) is 10.8 Å². The van der Waals surface area contributed by atoms with Crippen molar-refractivity contribution in [2.45, 2.75) is 0 Å². The maximum atomic E-state index is 8.97. The summed E-state index contributed by atoms with van der Waals surface area (Å²) in [6, 6.07) is 31.3. The van der Waals surface area contributed by atoms with Gasteiger partial charge in [-0.15, -0.1) is 0 Å². The van der Waals surface area contributed by atoms with Crippen LogP contribution in [0.4, 0.5) is 5.69 Å². The first kappa shape index (κ1) is 18.4. The second-order valence-corrected chi connectivity index (χ2v) is 6.72. The summed E-state index contributed by atoms with van der Waals surface area (Å²) in [5.74, 6) is 0.519. The van der Waals surface area contributed by atoms with Crippen molar-refractivity contribution in [1.29, 1.82) is 10.8 Å². The molecule has 0 saturated heterocycles. The Morgan fingerprint density at radius 1 is 0.655 bits per heavy atom. The monoisotopic (exact) mass is 375 g/mol. The van der Waals surface area contributed by atoms with Crippen molar-refractivity contribution in [3.05, 3.63) is 120 Å². The summed E-state index contributed by atoms with van der Waals surface area (Å²) in [7, 11) is 0. The van der Waals surface area contributed by atoms with Gasteiger partial charge in [0.2, 0.25) is 0 Å². The molecule has 0 spiro atoms. The summed E-state index contributed by atoms with van der Waals surface area (Å²) >= 11 is 0. The molecule has 3 nitrogen and oxygen atoms in total. The van der Waals surface area contributed by atoms with E-state index in [-0.39, 0.29) is 11.7 Å². The van der Waals surface area contributed by atoms with Crippen molar-refractivity contribution in [1.82, 2.24) is 0 Å². The number of benzene rings is 4. The molecule has 29 heavy (non-hydrogen) atoms. The van der Waals surface area contributed by atoms with Crippen molar-refractivity contribution < 1.29 is 0 Å². The van der Waals surface area contributed by atoms with Crippen molar-refractivity contribution >= 4 is 34.2 Å². The Morgan fingerprint density at radius 3 is 1.93 bits per heavy atom. The maximum Gasteiger partial charge on any atom is 0.138 e. The molecular formula is C26H21N3. The zero-order valence-corrected chi connectivity index (χ0v) is 16.0. The normalized spacial score (nSPS) is 10.5. The molecule has 0 aliphatic rings. The Hall–Kier alpha value is -3.98. The standard InChI is InChI=1S/C26H21N3/c1-2-19-15-17-22(18-16-19)26(28)29(25(27)21-10-4-3-5-11-21)24-14-8-12-20-9-6-7-13-23(20)24/h2-18,27-28H,1H2. The number of nitrogens with one attached hydrogen (secondary N) is 2. The average Bonchev–Trinajstić information content (AvgIpc) is 2.80. The lowest BCUT2D eigenvalue weighted by molar-refractivity contribution is 1.29. The molecule has 4 aromatic carbocycles. The van der Waals surface area contributed by atoms with Gasteiger partial charge in [-0.2, -0.15) is 0 Å². The molecule has 2 N–H and O–H groups in total. The van der Waals surface area contributed by atoms with E-state index in [1.54, 1.807) is 11.0 Å². The Morgan fingerprint density at radius 2 is 1.24 bits per heavy atom. The van der Waals surface area contributed by atoms with E-state index in [0.717, 1.165) is 33.2 Å². The number of fused-ring (bicyclic) bond motifs is 1. The molecule has 0 atom stereocenters. The minimum atomic E-state index is 0.255. The number of anilines is 1. The number of nitrogens with zero attached hydrogens (tertiary/aromatic N) is 1. The molecule has 0 unspecified atom stereocenters. The van der Waals surface area contributed by atoms with Crippen molar-refractivity contribution in [2.24, 2.45) is 0 Å². The van der Waals surface area contributed by atoms with E-state index in [0.29, 0.717) is 0 Å². The summed E-state index contributed by atoms with van der Waals surface area (Å²) in [4.78, 5) is 1.71. The van der Waals surface area contributed by atoms with E-state index in [1.165, 1.54) is 0 Å². The Labute approximate surface area is 170 Å². The van der Waals surface area contributed by atoms with Crippen LogP contribution in [0.15, 0.2) is 104 Å². The number of amidine groups is 2. The maximum absolute atomic E-state index is 8.97. The lowest BCUT2D eigenvalue weighted by Crippen LogP contribution is -2.37. The second kappa shape index (κ2) is 7.95. The highest BCUT2D eigenvalue weighted by Gasteiger charge is 2.22. The van der Waals surface area contributed by atoms with Gasteiger partial charge in [0.05, 0.1) is 5.69 Å². The van der Waals surface area contributed by atoms with Crippen LogP contribution >= 0.6 is 0 Å². The zero-order valence-electron chi connectivity index (χ0n) is 16.0. The van der Waals surface area contributed by atoms with E-state index in [4.69, 9.17) is 10.8 Å². The lowest BCUT2D eigenvalue weighted by Gasteiger charge is -2.27. The van der Waals surface area contributed by atoms with Crippen LogP contribution in [0.1, 0.15) is 16.7 Å². The molecule has 0 amide bonds. The molecule has 0 aliphatic carbocycles. The Balaban J connectivity index is 1.88. The third-order valence-electron chi connectivity index (χ3n) is 4.92. The summed E-state index contributed by atoms with van der Waals surface area (Å²) in [6.07, 6.45) is 1.78. The molecule has 4 aromatic rings. The van der Waals surface area contributed by atoms with Crippen LogP contribution in [0.25, 0.3) is 16.8 Å². The van der Waals surface area contributed by atoms with Gasteiger partial charge in [0, 0.05) is 16.5 Å². The average molecular weight is 375 g/mol. The molecule has 3 heteroatoms. The first-order chi connectivity index (χ1) is 14.2. The van der Waals surface area contributed by atoms with Crippen molar-refractivity contribution in [3.63, 3.8) is 0 Å². The molecule has 0 aliphatic heterocycles. The number of hydrogen-bond donors (Lipinski definition) is 2. The van der Waals surface area contributed by atoms with Crippen molar-refractivity contribution in [3.8, 4) is 0 Å². The van der Waals surface area contributed by atoms with Crippen molar-refractivity contribution in [2.75, 3.05) is 4.90 Å². The largest absolute Gasteiger partial charge is 0.284 e. The smallest absolute Gasteiger partial charge is 0.138 e. The third kappa shape index (κ3) is 3.58. The van der Waals surface area contributed by atoms with E-state index in [1.807, 2.05) is 97.1 Å². The SMILES string of the molecule is C=Cc1ccc(C(=N)N(C(=N)c2ccccc2)c2cccc3ccccc23)cc1. The molecule has 4 rings (SSSR count). The highest BCUT2D eigenvalue weighted by atomic mass is 15.2. The van der Waals surface area contributed by atoms with E-state index in [9.17, 15) is 0 Å². The van der Waals surface area contributed by atoms with E-state index in [2.05, 4.69) is 6.58 Å². The molecule has 0 aromatic heterocycles. The van der Waals surface area contributed by atoms with E-state index >= 15 is 0 Å². The molecule has 0 bridgehead atoms. The van der Waals surface area contributed by atoms with Crippen LogP contribution < -0.4 is 4.90 Å². The third-order valence-corrected chi connectivity index (χ3v) is 4.92. The molecule has 0 radical (unpaired) electrons. The number of hydrogen-bond acceptors (Lipinski definition) is 2. The summed E-state index contributed by atoms with van der Waals surface area (Å²) in [5.41, 5.74) is 3.31. The van der Waals surface area contributed by atoms with Gasteiger partial charge in [-0.3, -0.25) is 15.7 Å². The van der Waals surface area contributed by atoms with Gasteiger partial charge < -0.3 is 0 Å². The van der Waals surface area contributed by atoms with Crippen LogP contribution in [0.3, 0.4) is 0 Å². The van der Waals surface area contributed by atoms with Gasteiger partial charge in [0.1, 0.15) is 11.7 Å². The second-order valence-electron chi connectivity index (χ2n) is 6.72. The van der Waals surface area contributed by atoms with Gasteiger partial charge in [-0.1, -0.05) is 104 Å². The minimum absolute atomic E-state index is 0.255. The number of rotatable bonds is 4. The fourth-order valence-electron chi connectivity index (χ4n) is 3.39. The van der Waals surface area contributed by atoms with Gasteiger partial charge in [0.15, 0.2) is 0 Å². The van der Waals surface area contributed by atoms with Crippen LogP contribution in [0.2, 0.25) is 0 Å². The molecule has 140 valence electrons. The first-order valence-corrected chi connectivity index (χ1v) is 9.42. The molecule has 0 fully saturated rings. The van der Waals surface area contributed by atoms with Gasteiger partial charge in [0.25, 0.3) is 0 Å². The zero-order chi connectivity index (χ0) is 20.2. The fraction of sp³-hybridized carbons (Fsp3) is 0. The highest BCUT2D eigenvalue weighted by Crippen LogP contribution is 2.29. The Bertz CT molecular complexity index is 1190. The summed E-state index contributed by atoms with van der Waals surface area (Å²) in [6.45, 7) is 3.79. The minimum Gasteiger partial charge on any atom is -0.284 e. The summed E-state index contributed by atoms with van der Waals surface area (Å²) in [5, 5.41) is 20.0. The molecular weight excluding hydrogens is 354 g/mol. The highest BCUT2D eigenvalue weighted by molar-refractivity contribution is 6.29. The van der Waals surface area contributed by atoms with Gasteiger partial charge in [-0.25, -0.2) is 0 Å². The summed E-state index contributed by atoms with van der Waals surface area (Å²) < 4.78 is 0. The topological polar surface area (TPSA) is 50.9 Å². The van der Waals surface area contributed by atoms with Gasteiger partial charge >= 0.3 is 0 Å². The fourth-order valence-corrected chi connectivity index (χ4v) is 3.39. The quantitative estimate of drug-likeness (QED) is 0.317. The van der Waals surface area contributed by atoms with E-state index < -0.39 is 0 Å². The Kier molecular flexibility index (Phi) is 5.04. The van der Waals surface area contributed by atoms with Gasteiger partial charge in [-0.05, 0) is 17.0 Å². The molecule has 0 heterocycles. The predicted octanol–water partition coefficient (Wildman–Crippen LogP) is 6.34.